The summed E-state index contributed by atoms with van der Waals surface area (Å²) < 4.78 is 5.62. The molecule has 0 aromatic heterocycles. The van der Waals surface area contributed by atoms with Gasteiger partial charge < -0.3 is 15.0 Å². The van der Waals surface area contributed by atoms with E-state index in [-0.39, 0.29) is 30.3 Å². The van der Waals surface area contributed by atoms with Gasteiger partial charge in [0.05, 0.1) is 12.0 Å². The Hall–Kier alpha value is -2.53. The highest BCUT2D eigenvalue weighted by atomic mass is 35.5. The molecule has 142 valence electrons. The molecule has 0 saturated carbocycles. The van der Waals surface area contributed by atoms with Crippen LogP contribution in [0.1, 0.15) is 25.8 Å². The summed E-state index contributed by atoms with van der Waals surface area (Å²) in [6.07, 6.45) is 0.314. The van der Waals surface area contributed by atoms with E-state index in [4.69, 9.17) is 16.3 Å². The fourth-order valence-corrected chi connectivity index (χ4v) is 3.17. The van der Waals surface area contributed by atoms with Crippen molar-refractivity contribution >= 4 is 29.1 Å². The molecule has 0 bridgehead atoms. The van der Waals surface area contributed by atoms with Crippen molar-refractivity contribution in [2.45, 2.75) is 32.9 Å². The summed E-state index contributed by atoms with van der Waals surface area (Å²) in [7, 11) is 0. The second-order valence-electron chi connectivity index (χ2n) is 6.91. The maximum atomic E-state index is 12.4. The van der Waals surface area contributed by atoms with Crippen LogP contribution in [0.5, 0.6) is 5.75 Å². The number of amides is 2. The lowest BCUT2D eigenvalue weighted by Crippen LogP contribution is -2.32. The molecule has 1 unspecified atom stereocenters. The molecule has 1 saturated heterocycles. The molecule has 1 aliphatic heterocycles. The topological polar surface area (TPSA) is 58.6 Å². The molecule has 0 radical (unpaired) electrons. The van der Waals surface area contributed by atoms with Crippen molar-refractivity contribution in [3.63, 3.8) is 0 Å². The molecule has 0 spiro atoms. The smallest absolute Gasteiger partial charge is 0.227 e. The molecular formula is C21H23ClN2O3. The Labute approximate surface area is 164 Å². The lowest BCUT2D eigenvalue weighted by molar-refractivity contribution is -0.126. The maximum absolute atomic E-state index is 12.4. The molecule has 1 atom stereocenters. The Kier molecular flexibility index (Phi) is 6.01. The van der Waals surface area contributed by atoms with Gasteiger partial charge in [0.1, 0.15) is 5.75 Å². The number of carbonyl (C=O) groups excluding carboxylic acids is 2. The van der Waals surface area contributed by atoms with Crippen LogP contribution in [-0.4, -0.2) is 24.5 Å². The quantitative estimate of drug-likeness (QED) is 0.821. The highest BCUT2D eigenvalue weighted by Crippen LogP contribution is 2.27. The zero-order chi connectivity index (χ0) is 19.4. The molecule has 2 aromatic carbocycles. The summed E-state index contributed by atoms with van der Waals surface area (Å²) in [6.45, 7) is 4.73. The number of ether oxygens (including phenoxy) is 1. The minimum atomic E-state index is -0.351. The predicted octanol–water partition coefficient (Wildman–Crippen LogP) is 3.80. The Bertz CT molecular complexity index is 803. The van der Waals surface area contributed by atoms with Gasteiger partial charge >= 0.3 is 0 Å². The zero-order valence-corrected chi connectivity index (χ0v) is 16.2. The van der Waals surface area contributed by atoms with Crippen molar-refractivity contribution in [1.29, 1.82) is 0 Å². The van der Waals surface area contributed by atoms with Crippen LogP contribution in [0.4, 0.5) is 5.69 Å². The molecule has 1 N–H and O–H groups in total. The molecule has 2 amide bonds. The van der Waals surface area contributed by atoms with Gasteiger partial charge in [-0.25, -0.2) is 0 Å². The number of halogens is 1. The molecule has 1 heterocycles. The average Bonchev–Trinajstić information content (AvgIpc) is 3.03. The molecule has 1 aliphatic rings. The van der Waals surface area contributed by atoms with Crippen molar-refractivity contribution in [1.82, 2.24) is 5.32 Å². The molecule has 5 nitrogen and oxygen atoms in total. The normalized spacial score (nSPS) is 16.7. The first-order chi connectivity index (χ1) is 12.9. The summed E-state index contributed by atoms with van der Waals surface area (Å²) in [6, 6.07) is 14.7. The average molecular weight is 387 g/mol. The van der Waals surface area contributed by atoms with Crippen molar-refractivity contribution in [3.05, 3.63) is 59.1 Å². The molecule has 2 aromatic rings. The lowest BCUT2D eigenvalue weighted by atomic mass is 10.1. The van der Waals surface area contributed by atoms with Gasteiger partial charge in [0.25, 0.3) is 0 Å². The second-order valence-corrected chi connectivity index (χ2v) is 7.35. The van der Waals surface area contributed by atoms with Crippen LogP contribution < -0.4 is 15.0 Å². The summed E-state index contributed by atoms with van der Waals surface area (Å²) in [5, 5.41) is 3.56. The minimum Gasteiger partial charge on any atom is -0.491 e. The fourth-order valence-electron chi connectivity index (χ4n) is 3.05. The van der Waals surface area contributed by atoms with Gasteiger partial charge in [0.2, 0.25) is 11.8 Å². The summed E-state index contributed by atoms with van der Waals surface area (Å²) in [5.41, 5.74) is 1.75. The molecular weight excluding hydrogens is 364 g/mol. The van der Waals surface area contributed by atoms with Gasteiger partial charge in [-0.3, -0.25) is 9.59 Å². The van der Waals surface area contributed by atoms with E-state index >= 15 is 0 Å². The van der Waals surface area contributed by atoms with Crippen LogP contribution in [0.15, 0.2) is 48.5 Å². The summed E-state index contributed by atoms with van der Waals surface area (Å²) in [4.78, 5) is 26.5. The highest BCUT2D eigenvalue weighted by Gasteiger charge is 2.35. The van der Waals surface area contributed by atoms with E-state index in [2.05, 4.69) is 5.32 Å². The van der Waals surface area contributed by atoms with Gasteiger partial charge in [-0.05, 0) is 55.8 Å². The number of hydrogen-bond acceptors (Lipinski definition) is 3. The summed E-state index contributed by atoms with van der Waals surface area (Å²) >= 11 is 5.86. The SMILES string of the molecule is CC(C)Oc1ccc(N2CC(C(=O)NCc3ccc(Cl)cc3)CC2=O)cc1. The van der Waals surface area contributed by atoms with E-state index in [9.17, 15) is 9.59 Å². The van der Waals surface area contributed by atoms with E-state index in [0.29, 0.717) is 18.1 Å². The largest absolute Gasteiger partial charge is 0.491 e. The predicted molar refractivity (Wildman–Crippen MR) is 106 cm³/mol. The molecule has 3 rings (SSSR count). The van der Waals surface area contributed by atoms with Gasteiger partial charge in [-0.15, -0.1) is 0 Å². The second kappa shape index (κ2) is 8.44. The van der Waals surface area contributed by atoms with Crippen molar-refractivity contribution in [2.75, 3.05) is 11.4 Å². The minimum absolute atomic E-state index is 0.0424. The fraction of sp³-hybridized carbons (Fsp3) is 0.333. The van der Waals surface area contributed by atoms with Crippen molar-refractivity contribution in [3.8, 4) is 5.75 Å². The number of benzene rings is 2. The number of carbonyl (C=O) groups is 2. The number of anilines is 1. The number of hydrogen-bond donors (Lipinski definition) is 1. The first-order valence-electron chi connectivity index (χ1n) is 9.01. The van der Waals surface area contributed by atoms with Gasteiger partial charge in [-0.1, -0.05) is 23.7 Å². The third-order valence-corrected chi connectivity index (χ3v) is 4.65. The molecule has 1 fully saturated rings. The van der Waals surface area contributed by atoms with Crippen LogP contribution >= 0.6 is 11.6 Å². The highest BCUT2D eigenvalue weighted by molar-refractivity contribution is 6.30. The Balaban J connectivity index is 1.57. The van der Waals surface area contributed by atoms with E-state index in [1.54, 1.807) is 17.0 Å². The Morgan fingerprint density at radius 3 is 2.48 bits per heavy atom. The first kappa shape index (κ1) is 19.2. The van der Waals surface area contributed by atoms with Crippen LogP contribution in [0.2, 0.25) is 5.02 Å². The lowest BCUT2D eigenvalue weighted by Gasteiger charge is -2.18. The van der Waals surface area contributed by atoms with Crippen LogP contribution in [0.25, 0.3) is 0 Å². The third-order valence-electron chi connectivity index (χ3n) is 4.40. The standard InChI is InChI=1S/C21H23ClN2O3/c1-14(2)27-19-9-7-18(8-10-19)24-13-16(11-20(24)25)21(26)23-12-15-3-5-17(22)6-4-15/h3-10,14,16H,11-13H2,1-2H3,(H,23,26). The molecule has 0 aliphatic carbocycles. The molecule has 6 heteroatoms. The van der Waals surface area contributed by atoms with Crippen LogP contribution in [0.3, 0.4) is 0 Å². The van der Waals surface area contributed by atoms with E-state index < -0.39 is 0 Å². The third kappa shape index (κ3) is 5.01. The van der Waals surface area contributed by atoms with Gasteiger partial charge in [-0.2, -0.15) is 0 Å². The van der Waals surface area contributed by atoms with E-state index in [1.807, 2.05) is 50.2 Å². The number of nitrogens with zero attached hydrogens (tertiary/aromatic N) is 1. The van der Waals surface area contributed by atoms with Crippen LogP contribution in [-0.2, 0) is 16.1 Å². The van der Waals surface area contributed by atoms with E-state index in [1.165, 1.54) is 0 Å². The Morgan fingerprint density at radius 1 is 1.19 bits per heavy atom. The number of nitrogens with one attached hydrogen (secondary N) is 1. The van der Waals surface area contributed by atoms with E-state index in [0.717, 1.165) is 17.0 Å². The summed E-state index contributed by atoms with van der Waals surface area (Å²) in [5.74, 6) is 0.258. The van der Waals surface area contributed by atoms with Crippen molar-refractivity contribution < 1.29 is 14.3 Å². The Morgan fingerprint density at radius 2 is 1.85 bits per heavy atom. The van der Waals surface area contributed by atoms with Crippen LogP contribution in [0, 0.1) is 5.92 Å². The van der Waals surface area contributed by atoms with Gasteiger partial charge in [0, 0.05) is 30.2 Å². The van der Waals surface area contributed by atoms with Crippen molar-refractivity contribution in [2.24, 2.45) is 5.92 Å². The number of rotatable bonds is 6. The monoisotopic (exact) mass is 386 g/mol. The maximum Gasteiger partial charge on any atom is 0.227 e. The zero-order valence-electron chi connectivity index (χ0n) is 15.4. The van der Waals surface area contributed by atoms with Gasteiger partial charge in [0.15, 0.2) is 0 Å². The molecule has 27 heavy (non-hydrogen) atoms. The first-order valence-corrected chi connectivity index (χ1v) is 9.39.